The Morgan fingerprint density at radius 3 is 2.67 bits per heavy atom. The van der Waals surface area contributed by atoms with Crippen molar-refractivity contribution in [3.05, 3.63) is 42.9 Å². The van der Waals surface area contributed by atoms with Crippen LogP contribution in [0, 0.1) is 0 Å². The number of hydrogen-bond acceptors (Lipinski definition) is 5. The molecule has 0 atom stereocenters. The van der Waals surface area contributed by atoms with Crippen molar-refractivity contribution in [3.63, 3.8) is 0 Å². The number of nitrogens with zero attached hydrogens (tertiary/aromatic N) is 4. The van der Waals surface area contributed by atoms with Gasteiger partial charge in [-0.2, -0.15) is 0 Å². The van der Waals surface area contributed by atoms with Crippen LogP contribution in [-0.2, 0) is 0 Å². The van der Waals surface area contributed by atoms with Crippen molar-refractivity contribution in [2.24, 2.45) is 0 Å². The molecule has 6 nitrogen and oxygen atoms in total. The Labute approximate surface area is 123 Å². The molecule has 1 aromatic carbocycles. The number of nitrogens with one attached hydrogen (secondary N) is 1. The second-order valence-corrected chi connectivity index (χ2v) is 4.61. The minimum atomic E-state index is 0.788. The summed E-state index contributed by atoms with van der Waals surface area (Å²) in [4.78, 5) is 11.0. The van der Waals surface area contributed by atoms with Gasteiger partial charge in [-0.25, -0.2) is 9.97 Å². The largest absolute Gasteiger partial charge is 0.497 e. The van der Waals surface area contributed by atoms with Crippen LogP contribution in [0.15, 0.2) is 42.9 Å². The third-order valence-corrected chi connectivity index (χ3v) is 3.39. The maximum absolute atomic E-state index is 5.19. The highest BCUT2D eigenvalue weighted by atomic mass is 16.5. The lowest BCUT2D eigenvalue weighted by Gasteiger charge is -2.20. The van der Waals surface area contributed by atoms with Crippen LogP contribution in [0.1, 0.15) is 0 Å². The number of fused-ring (bicyclic) bond motifs is 1. The van der Waals surface area contributed by atoms with Crippen molar-refractivity contribution in [2.75, 3.05) is 31.4 Å². The quantitative estimate of drug-likeness (QED) is 0.797. The van der Waals surface area contributed by atoms with Gasteiger partial charge >= 0.3 is 0 Å². The molecule has 0 radical (unpaired) electrons. The molecule has 3 rings (SSSR count). The molecule has 0 amide bonds. The van der Waals surface area contributed by atoms with Crippen molar-refractivity contribution in [1.29, 1.82) is 0 Å². The third kappa shape index (κ3) is 2.35. The number of anilines is 3. The van der Waals surface area contributed by atoms with Crippen LogP contribution >= 0.6 is 0 Å². The van der Waals surface area contributed by atoms with E-state index in [1.807, 2.05) is 60.1 Å². The molecule has 3 aromatic rings. The van der Waals surface area contributed by atoms with Gasteiger partial charge in [0.25, 0.3) is 0 Å². The average Bonchev–Trinajstić information content (AvgIpc) is 3.01. The van der Waals surface area contributed by atoms with E-state index in [1.165, 1.54) is 0 Å². The van der Waals surface area contributed by atoms with Crippen LogP contribution in [0.4, 0.5) is 17.3 Å². The highest BCUT2D eigenvalue weighted by Crippen LogP contribution is 2.27. The van der Waals surface area contributed by atoms with Crippen molar-refractivity contribution in [3.8, 4) is 5.75 Å². The van der Waals surface area contributed by atoms with Crippen LogP contribution in [0.5, 0.6) is 5.75 Å². The molecular formula is C15H17N5O. The Bertz CT molecular complexity index is 750. The number of ether oxygens (including phenoxy) is 1. The smallest absolute Gasteiger partial charge is 0.180 e. The van der Waals surface area contributed by atoms with E-state index in [0.717, 1.165) is 28.7 Å². The molecule has 6 heteroatoms. The van der Waals surface area contributed by atoms with Gasteiger partial charge < -0.3 is 19.4 Å². The molecule has 21 heavy (non-hydrogen) atoms. The summed E-state index contributed by atoms with van der Waals surface area (Å²) < 4.78 is 7.14. The fourth-order valence-electron chi connectivity index (χ4n) is 2.19. The maximum atomic E-state index is 5.19. The molecule has 2 aromatic heterocycles. The van der Waals surface area contributed by atoms with Crippen LogP contribution in [-0.4, -0.2) is 35.6 Å². The molecule has 108 valence electrons. The predicted octanol–water partition coefficient (Wildman–Crippen LogP) is 2.55. The molecule has 0 bridgehead atoms. The van der Waals surface area contributed by atoms with Gasteiger partial charge in [0.1, 0.15) is 11.6 Å². The summed E-state index contributed by atoms with van der Waals surface area (Å²) in [6.07, 6.45) is 5.58. The van der Waals surface area contributed by atoms with Gasteiger partial charge in [-0.05, 0) is 24.3 Å². The summed E-state index contributed by atoms with van der Waals surface area (Å²) in [5.74, 6) is 2.41. The van der Waals surface area contributed by atoms with Gasteiger partial charge in [-0.15, -0.1) is 0 Å². The zero-order valence-corrected chi connectivity index (χ0v) is 12.2. The Morgan fingerprint density at radius 2 is 2.00 bits per heavy atom. The van der Waals surface area contributed by atoms with Gasteiger partial charge in [-0.1, -0.05) is 0 Å². The Morgan fingerprint density at radius 1 is 1.24 bits per heavy atom. The van der Waals surface area contributed by atoms with E-state index in [9.17, 15) is 0 Å². The van der Waals surface area contributed by atoms with Gasteiger partial charge in [0.2, 0.25) is 0 Å². The molecule has 0 aliphatic rings. The van der Waals surface area contributed by atoms with E-state index < -0.39 is 0 Å². The Kier molecular flexibility index (Phi) is 3.35. The highest BCUT2D eigenvalue weighted by molar-refractivity contribution is 5.73. The lowest BCUT2D eigenvalue weighted by Crippen LogP contribution is -2.14. The molecule has 0 aliphatic carbocycles. The first-order valence-electron chi connectivity index (χ1n) is 6.62. The third-order valence-electron chi connectivity index (χ3n) is 3.39. The van der Waals surface area contributed by atoms with E-state index in [-0.39, 0.29) is 0 Å². The maximum Gasteiger partial charge on any atom is 0.180 e. The number of benzene rings is 1. The van der Waals surface area contributed by atoms with Crippen LogP contribution < -0.4 is 15.0 Å². The number of methoxy groups -OCH3 is 1. The van der Waals surface area contributed by atoms with Crippen LogP contribution in [0.3, 0.4) is 0 Å². The van der Waals surface area contributed by atoms with Crippen LogP contribution in [0.25, 0.3) is 5.65 Å². The lowest BCUT2D eigenvalue weighted by molar-refractivity contribution is 0.415. The number of hydrogen-bond donors (Lipinski definition) is 1. The fourth-order valence-corrected chi connectivity index (χ4v) is 2.19. The second kappa shape index (κ2) is 5.32. The molecule has 1 N–H and O–H groups in total. The zero-order chi connectivity index (χ0) is 14.8. The minimum absolute atomic E-state index is 0.788. The van der Waals surface area contributed by atoms with Gasteiger partial charge in [-0.3, -0.25) is 0 Å². The number of imidazole rings is 1. The van der Waals surface area contributed by atoms with E-state index in [0.29, 0.717) is 0 Å². The van der Waals surface area contributed by atoms with E-state index in [4.69, 9.17) is 4.74 Å². The van der Waals surface area contributed by atoms with E-state index in [1.54, 1.807) is 13.3 Å². The lowest BCUT2D eigenvalue weighted by atomic mass is 10.3. The molecule has 0 saturated carbocycles. The summed E-state index contributed by atoms with van der Waals surface area (Å²) in [7, 11) is 5.48. The molecular weight excluding hydrogens is 266 g/mol. The number of aromatic nitrogens is 3. The van der Waals surface area contributed by atoms with E-state index in [2.05, 4.69) is 15.3 Å². The summed E-state index contributed by atoms with van der Waals surface area (Å²) in [5, 5.41) is 3.07. The summed E-state index contributed by atoms with van der Waals surface area (Å²) in [5.41, 5.74) is 1.83. The summed E-state index contributed by atoms with van der Waals surface area (Å²) in [6, 6.07) is 7.84. The molecule has 0 spiro atoms. The first kappa shape index (κ1) is 13.2. The molecule has 0 fully saturated rings. The number of rotatable bonds is 4. The topological polar surface area (TPSA) is 54.7 Å². The molecule has 0 aliphatic heterocycles. The Balaban J connectivity index is 2.07. The molecule has 0 saturated heterocycles. The normalized spacial score (nSPS) is 10.6. The minimum Gasteiger partial charge on any atom is -0.497 e. The zero-order valence-electron chi connectivity index (χ0n) is 12.2. The molecule has 2 heterocycles. The SMILES string of the molecule is CNc1cn2ccnc2c(N(C)c2ccc(OC)cc2)n1. The molecule has 0 unspecified atom stereocenters. The fraction of sp³-hybridized carbons (Fsp3) is 0.200. The van der Waals surface area contributed by atoms with Gasteiger partial charge in [0, 0.05) is 32.2 Å². The van der Waals surface area contributed by atoms with Crippen LogP contribution in [0.2, 0.25) is 0 Å². The first-order valence-corrected chi connectivity index (χ1v) is 6.62. The standard InChI is InChI=1S/C15H17N5O/c1-16-13-10-20-9-8-17-14(20)15(18-13)19(2)11-4-6-12(21-3)7-5-11/h4-10,16H,1-3H3. The Hall–Kier alpha value is -2.76. The van der Waals surface area contributed by atoms with Crippen molar-refractivity contribution in [1.82, 2.24) is 14.4 Å². The monoisotopic (exact) mass is 283 g/mol. The van der Waals surface area contributed by atoms with Crippen molar-refractivity contribution >= 4 is 23.0 Å². The predicted molar refractivity (Wildman–Crippen MR) is 83.6 cm³/mol. The van der Waals surface area contributed by atoms with Crippen molar-refractivity contribution < 1.29 is 4.74 Å². The first-order chi connectivity index (χ1) is 10.2. The van der Waals surface area contributed by atoms with Gasteiger partial charge in [0.15, 0.2) is 11.5 Å². The summed E-state index contributed by atoms with van der Waals surface area (Å²) in [6.45, 7) is 0. The highest BCUT2D eigenvalue weighted by Gasteiger charge is 2.13. The summed E-state index contributed by atoms with van der Waals surface area (Å²) >= 11 is 0. The van der Waals surface area contributed by atoms with Crippen molar-refractivity contribution in [2.45, 2.75) is 0 Å². The second-order valence-electron chi connectivity index (χ2n) is 4.61. The van der Waals surface area contributed by atoms with Gasteiger partial charge in [0.05, 0.1) is 13.3 Å². The van der Waals surface area contributed by atoms with E-state index >= 15 is 0 Å². The average molecular weight is 283 g/mol.